The summed E-state index contributed by atoms with van der Waals surface area (Å²) in [6, 6.07) is 13.2. The third kappa shape index (κ3) is 4.24. The number of nitrogens with one attached hydrogen (secondary N) is 1. The highest BCUT2D eigenvalue weighted by Crippen LogP contribution is 2.26. The number of thiophene rings is 1. The van der Waals surface area contributed by atoms with Crippen molar-refractivity contribution in [1.29, 1.82) is 0 Å². The molecule has 1 aliphatic heterocycles. The minimum atomic E-state index is -0.117. The second kappa shape index (κ2) is 8.52. The molecular weight excluding hydrogens is 414 g/mol. The highest BCUT2D eigenvalue weighted by atomic mass is 32.1. The predicted octanol–water partition coefficient (Wildman–Crippen LogP) is 3.29. The van der Waals surface area contributed by atoms with Crippen LogP contribution in [0.2, 0.25) is 0 Å². The monoisotopic (exact) mass is 433 g/mol. The Morgan fingerprint density at radius 1 is 1.06 bits per heavy atom. The Morgan fingerprint density at radius 2 is 1.97 bits per heavy atom. The summed E-state index contributed by atoms with van der Waals surface area (Å²) in [5, 5.41) is 17.7. The van der Waals surface area contributed by atoms with Gasteiger partial charge >= 0.3 is 0 Å². The smallest absolute Gasteiger partial charge is 0.276 e. The average molecular weight is 433 g/mol. The molecule has 0 atom stereocenters. The summed E-state index contributed by atoms with van der Waals surface area (Å²) in [6.45, 7) is 2.51. The van der Waals surface area contributed by atoms with E-state index in [-0.39, 0.29) is 5.91 Å². The van der Waals surface area contributed by atoms with E-state index in [2.05, 4.69) is 30.6 Å². The average Bonchev–Trinajstić information content (AvgIpc) is 3.52. The van der Waals surface area contributed by atoms with Crippen molar-refractivity contribution in [2.75, 3.05) is 36.4 Å². The van der Waals surface area contributed by atoms with Gasteiger partial charge in [0, 0.05) is 38.4 Å². The molecule has 31 heavy (non-hydrogen) atoms. The number of carbonyl (C=O) groups is 1. The van der Waals surface area contributed by atoms with E-state index in [1.807, 2.05) is 41.8 Å². The van der Waals surface area contributed by atoms with Crippen LogP contribution >= 0.6 is 11.3 Å². The standard InChI is InChI=1S/C21H19N7O2S/c29-21(16-13-17(30-26-16)18-4-2-12-31-18)28-10-8-27(9-11-28)20-6-5-19(24-25-20)23-15-3-1-7-22-14-15/h1-7,12-14H,8-11H2,(H,23,24). The number of amides is 1. The Morgan fingerprint density at radius 3 is 2.68 bits per heavy atom. The lowest BCUT2D eigenvalue weighted by Crippen LogP contribution is -2.49. The molecule has 0 unspecified atom stereocenters. The van der Waals surface area contributed by atoms with Gasteiger partial charge in [-0.15, -0.1) is 21.5 Å². The largest absolute Gasteiger partial charge is 0.355 e. The summed E-state index contributed by atoms with van der Waals surface area (Å²) < 4.78 is 5.34. The van der Waals surface area contributed by atoms with E-state index in [4.69, 9.17) is 4.52 Å². The molecule has 10 heteroatoms. The van der Waals surface area contributed by atoms with Gasteiger partial charge in [0.05, 0.1) is 16.8 Å². The van der Waals surface area contributed by atoms with E-state index in [0.29, 0.717) is 43.5 Å². The molecular formula is C21H19N7O2S. The van der Waals surface area contributed by atoms with E-state index in [1.165, 1.54) is 0 Å². The van der Waals surface area contributed by atoms with Gasteiger partial charge in [0.25, 0.3) is 5.91 Å². The zero-order valence-electron chi connectivity index (χ0n) is 16.5. The Hall–Kier alpha value is -3.79. The second-order valence-electron chi connectivity index (χ2n) is 6.98. The number of hydrogen-bond acceptors (Lipinski definition) is 9. The third-order valence-corrected chi connectivity index (χ3v) is 5.85. The van der Waals surface area contributed by atoms with Crippen LogP contribution in [-0.2, 0) is 0 Å². The second-order valence-corrected chi connectivity index (χ2v) is 7.92. The van der Waals surface area contributed by atoms with Gasteiger partial charge in [-0.25, -0.2) is 0 Å². The van der Waals surface area contributed by atoms with Crippen LogP contribution in [-0.4, -0.2) is 57.3 Å². The van der Waals surface area contributed by atoms with Gasteiger partial charge in [0.1, 0.15) is 0 Å². The van der Waals surface area contributed by atoms with Gasteiger partial charge in [-0.2, -0.15) is 0 Å². The van der Waals surface area contributed by atoms with E-state index in [9.17, 15) is 4.79 Å². The molecule has 5 heterocycles. The van der Waals surface area contributed by atoms with Crippen LogP contribution in [0.4, 0.5) is 17.3 Å². The van der Waals surface area contributed by atoms with Crippen molar-refractivity contribution in [2.24, 2.45) is 0 Å². The first kappa shape index (κ1) is 19.2. The molecule has 5 rings (SSSR count). The van der Waals surface area contributed by atoms with Crippen LogP contribution in [0.3, 0.4) is 0 Å². The SMILES string of the molecule is O=C(c1cc(-c2cccs2)on1)N1CCN(c2ccc(Nc3cccnc3)nn2)CC1. The first-order valence-corrected chi connectivity index (χ1v) is 10.7. The maximum atomic E-state index is 12.8. The summed E-state index contributed by atoms with van der Waals surface area (Å²) in [5.41, 5.74) is 1.19. The predicted molar refractivity (Wildman–Crippen MR) is 117 cm³/mol. The molecule has 4 aromatic rings. The van der Waals surface area contributed by atoms with Gasteiger partial charge < -0.3 is 19.6 Å². The van der Waals surface area contributed by atoms with E-state index >= 15 is 0 Å². The zero-order chi connectivity index (χ0) is 21.0. The molecule has 0 spiro atoms. The molecule has 4 aromatic heterocycles. The highest BCUT2D eigenvalue weighted by molar-refractivity contribution is 7.13. The minimum Gasteiger partial charge on any atom is -0.355 e. The fourth-order valence-electron chi connectivity index (χ4n) is 3.36. The van der Waals surface area contributed by atoms with Crippen molar-refractivity contribution < 1.29 is 9.32 Å². The Bertz CT molecular complexity index is 1140. The molecule has 0 saturated carbocycles. The number of nitrogens with zero attached hydrogens (tertiary/aromatic N) is 6. The molecule has 1 aliphatic rings. The summed E-state index contributed by atoms with van der Waals surface area (Å²) in [6.07, 6.45) is 3.44. The number of hydrogen-bond donors (Lipinski definition) is 1. The van der Waals surface area contributed by atoms with Gasteiger partial charge in [-0.3, -0.25) is 9.78 Å². The van der Waals surface area contributed by atoms with Crippen LogP contribution in [0.5, 0.6) is 0 Å². The molecule has 0 aromatic carbocycles. The van der Waals surface area contributed by atoms with Crippen molar-refractivity contribution in [3.63, 3.8) is 0 Å². The molecule has 1 saturated heterocycles. The van der Waals surface area contributed by atoms with E-state index in [0.717, 1.165) is 16.4 Å². The molecule has 0 radical (unpaired) electrons. The molecule has 9 nitrogen and oxygen atoms in total. The molecule has 156 valence electrons. The Kier molecular flexibility index (Phi) is 5.28. The van der Waals surface area contributed by atoms with Crippen molar-refractivity contribution >= 4 is 34.6 Å². The quantitative estimate of drug-likeness (QED) is 0.512. The van der Waals surface area contributed by atoms with Crippen LogP contribution in [0.25, 0.3) is 10.6 Å². The number of carbonyl (C=O) groups excluding carboxylic acids is 1. The van der Waals surface area contributed by atoms with Crippen molar-refractivity contribution in [1.82, 2.24) is 25.2 Å². The lowest BCUT2D eigenvalue weighted by molar-refractivity contribution is 0.0736. The van der Waals surface area contributed by atoms with Crippen LogP contribution in [0, 0.1) is 0 Å². The topological polar surface area (TPSA) is 100 Å². The van der Waals surface area contributed by atoms with Crippen LogP contribution < -0.4 is 10.2 Å². The minimum absolute atomic E-state index is 0.117. The summed E-state index contributed by atoms with van der Waals surface area (Å²) in [4.78, 5) is 21.7. The lowest BCUT2D eigenvalue weighted by atomic mass is 10.2. The first-order valence-electron chi connectivity index (χ1n) is 9.82. The number of aromatic nitrogens is 4. The zero-order valence-corrected chi connectivity index (χ0v) is 17.3. The van der Waals surface area contributed by atoms with Gasteiger partial charge in [0.2, 0.25) is 0 Å². The number of anilines is 3. The summed E-state index contributed by atoms with van der Waals surface area (Å²) >= 11 is 1.55. The van der Waals surface area contributed by atoms with Crippen molar-refractivity contribution in [3.05, 3.63) is 65.9 Å². The van der Waals surface area contributed by atoms with Crippen molar-refractivity contribution in [3.8, 4) is 10.6 Å². The van der Waals surface area contributed by atoms with Gasteiger partial charge in [-0.05, 0) is 35.7 Å². The molecule has 1 N–H and O–H groups in total. The van der Waals surface area contributed by atoms with Crippen molar-refractivity contribution in [2.45, 2.75) is 0 Å². The number of piperazine rings is 1. The Balaban J connectivity index is 1.18. The fraction of sp³-hybridized carbons (Fsp3) is 0.190. The van der Waals surface area contributed by atoms with Crippen LogP contribution in [0.1, 0.15) is 10.5 Å². The Labute approximate surface area is 182 Å². The van der Waals surface area contributed by atoms with Gasteiger partial charge in [0.15, 0.2) is 23.1 Å². The molecule has 1 fully saturated rings. The molecule has 0 aliphatic carbocycles. The van der Waals surface area contributed by atoms with Gasteiger partial charge in [-0.1, -0.05) is 11.2 Å². The third-order valence-electron chi connectivity index (χ3n) is 4.97. The fourth-order valence-corrected chi connectivity index (χ4v) is 4.03. The first-order chi connectivity index (χ1) is 15.3. The molecule has 1 amide bonds. The lowest BCUT2D eigenvalue weighted by Gasteiger charge is -2.34. The number of rotatable bonds is 5. The molecule has 0 bridgehead atoms. The highest BCUT2D eigenvalue weighted by Gasteiger charge is 2.25. The van der Waals surface area contributed by atoms with E-state index < -0.39 is 0 Å². The maximum absolute atomic E-state index is 12.8. The van der Waals surface area contributed by atoms with Crippen LogP contribution in [0.15, 0.2) is 64.8 Å². The summed E-state index contributed by atoms with van der Waals surface area (Å²) in [7, 11) is 0. The maximum Gasteiger partial charge on any atom is 0.276 e. The summed E-state index contributed by atoms with van der Waals surface area (Å²) in [5.74, 6) is 1.93. The number of pyridine rings is 1. The van der Waals surface area contributed by atoms with E-state index in [1.54, 1.807) is 34.7 Å². The normalized spacial score (nSPS) is 13.9.